The van der Waals surface area contributed by atoms with E-state index < -0.39 is 0 Å². The summed E-state index contributed by atoms with van der Waals surface area (Å²) in [6, 6.07) is 9.79. The molecule has 0 aliphatic heterocycles. The van der Waals surface area contributed by atoms with Crippen LogP contribution in [0.2, 0.25) is 0 Å². The summed E-state index contributed by atoms with van der Waals surface area (Å²) >= 11 is 0. The molecule has 0 atom stereocenters. The number of nitrogens with one attached hydrogen (secondary N) is 2. The molecule has 1 heterocycles. The molecule has 2 N–H and O–H groups in total. The number of anilines is 2. The zero-order chi connectivity index (χ0) is 22.0. The van der Waals surface area contributed by atoms with Crippen LogP contribution in [0.3, 0.4) is 0 Å². The van der Waals surface area contributed by atoms with Gasteiger partial charge in [-0.1, -0.05) is 35.0 Å². The van der Waals surface area contributed by atoms with Gasteiger partial charge in [0.25, 0.3) is 5.91 Å². The van der Waals surface area contributed by atoms with E-state index in [1.807, 2.05) is 65.0 Å². The molecule has 0 fully saturated rings. The average molecular weight is 406 g/mol. The van der Waals surface area contributed by atoms with E-state index in [4.69, 9.17) is 0 Å². The Morgan fingerprint density at radius 1 is 0.933 bits per heavy atom. The number of hydrogen-bond donors (Lipinski definition) is 2. The first-order chi connectivity index (χ1) is 14.2. The van der Waals surface area contributed by atoms with Crippen LogP contribution in [0.15, 0.2) is 30.3 Å². The number of hydrogen-bond acceptors (Lipinski definition) is 4. The van der Waals surface area contributed by atoms with Crippen LogP contribution in [-0.4, -0.2) is 26.8 Å². The van der Waals surface area contributed by atoms with Crippen molar-refractivity contribution in [2.24, 2.45) is 0 Å². The molecule has 7 nitrogen and oxygen atoms in total. The Labute approximate surface area is 176 Å². The summed E-state index contributed by atoms with van der Waals surface area (Å²) in [7, 11) is 0. The second-order valence-electron chi connectivity index (χ2n) is 7.70. The molecule has 0 aliphatic carbocycles. The van der Waals surface area contributed by atoms with Gasteiger partial charge in [0.15, 0.2) is 5.69 Å². The fourth-order valence-corrected chi connectivity index (χ4v) is 3.48. The Morgan fingerprint density at radius 2 is 1.60 bits per heavy atom. The summed E-state index contributed by atoms with van der Waals surface area (Å²) in [5.41, 5.74) is 7.50. The van der Waals surface area contributed by atoms with Crippen molar-refractivity contribution in [1.29, 1.82) is 0 Å². The van der Waals surface area contributed by atoms with Crippen molar-refractivity contribution in [3.8, 4) is 0 Å². The van der Waals surface area contributed by atoms with E-state index in [0.717, 1.165) is 39.2 Å². The topological polar surface area (TPSA) is 88.9 Å². The molecule has 3 rings (SSSR count). The first kappa shape index (κ1) is 21.2. The Balaban J connectivity index is 1.73. The minimum Gasteiger partial charge on any atom is -0.324 e. The number of carbonyl (C=O) groups excluding carboxylic acids is 2. The fourth-order valence-electron chi connectivity index (χ4n) is 3.48. The summed E-state index contributed by atoms with van der Waals surface area (Å²) < 4.78 is 1.43. The summed E-state index contributed by atoms with van der Waals surface area (Å²) in [5, 5.41) is 13.8. The highest BCUT2D eigenvalue weighted by Crippen LogP contribution is 2.23. The van der Waals surface area contributed by atoms with Gasteiger partial charge < -0.3 is 10.6 Å². The Hall–Kier alpha value is -3.48. The molecular formula is C23H27N5O2. The van der Waals surface area contributed by atoms with E-state index >= 15 is 0 Å². The minimum atomic E-state index is -0.344. The molecule has 0 aliphatic rings. The zero-order valence-corrected chi connectivity index (χ0v) is 18.3. The SMILES string of the molecule is Cc1cc(C)c(NC(=O)c2nnn(CC(=O)Nc3cccc(C)c3C)c2C)c(C)c1. The van der Waals surface area contributed by atoms with E-state index in [1.54, 1.807) is 6.92 Å². The highest BCUT2D eigenvalue weighted by molar-refractivity contribution is 6.04. The molecule has 0 radical (unpaired) electrons. The van der Waals surface area contributed by atoms with Gasteiger partial charge in [0.2, 0.25) is 5.91 Å². The highest BCUT2D eigenvalue weighted by atomic mass is 16.2. The van der Waals surface area contributed by atoms with Crippen molar-refractivity contribution in [2.75, 3.05) is 10.6 Å². The largest absolute Gasteiger partial charge is 0.324 e. The summed E-state index contributed by atoms with van der Waals surface area (Å²) in [5.74, 6) is -0.572. The zero-order valence-electron chi connectivity index (χ0n) is 18.3. The second kappa shape index (κ2) is 8.49. The Kier molecular flexibility index (Phi) is 6.01. The number of aromatic nitrogens is 3. The van der Waals surface area contributed by atoms with Crippen LogP contribution in [0, 0.1) is 41.5 Å². The number of aryl methyl sites for hydroxylation is 4. The van der Waals surface area contributed by atoms with Gasteiger partial charge in [0.05, 0.1) is 5.69 Å². The van der Waals surface area contributed by atoms with Gasteiger partial charge in [-0.25, -0.2) is 4.68 Å². The van der Waals surface area contributed by atoms with Crippen LogP contribution in [0.5, 0.6) is 0 Å². The lowest BCUT2D eigenvalue weighted by molar-refractivity contribution is -0.117. The second-order valence-corrected chi connectivity index (χ2v) is 7.70. The van der Waals surface area contributed by atoms with Crippen molar-refractivity contribution < 1.29 is 9.59 Å². The van der Waals surface area contributed by atoms with Crippen LogP contribution in [-0.2, 0) is 11.3 Å². The van der Waals surface area contributed by atoms with E-state index in [2.05, 4.69) is 20.9 Å². The van der Waals surface area contributed by atoms with E-state index in [1.165, 1.54) is 4.68 Å². The molecular weight excluding hydrogens is 378 g/mol. The average Bonchev–Trinajstić information content (AvgIpc) is 3.02. The first-order valence-electron chi connectivity index (χ1n) is 9.82. The van der Waals surface area contributed by atoms with Gasteiger partial charge in [-0.15, -0.1) is 5.10 Å². The van der Waals surface area contributed by atoms with E-state index in [-0.39, 0.29) is 24.1 Å². The molecule has 156 valence electrons. The molecule has 0 spiro atoms. The quantitative estimate of drug-likeness (QED) is 0.671. The predicted octanol–water partition coefficient (Wildman–Crippen LogP) is 4.02. The summed E-state index contributed by atoms with van der Waals surface area (Å²) in [6.45, 7) is 11.6. The number of carbonyl (C=O) groups is 2. The third-order valence-electron chi connectivity index (χ3n) is 5.29. The van der Waals surface area contributed by atoms with Crippen LogP contribution < -0.4 is 10.6 Å². The lowest BCUT2D eigenvalue weighted by Gasteiger charge is -2.12. The highest BCUT2D eigenvalue weighted by Gasteiger charge is 2.19. The van der Waals surface area contributed by atoms with Gasteiger partial charge in [-0.05, 0) is 69.9 Å². The monoisotopic (exact) mass is 405 g/mol. The number of benzene rings is 2. The molecule has 0 bridgehead atoms. The van der Waals surface area contributed by atoms with Crippen LogP contribution in [0.4, 0.5) is 11.4 Å². The number of amides is 2. The maximum absolute atomic E-state index is 12.8. The normalized spacial score (nSPS) is 10.7. The molecule has 0 saturated heterocycles. The van der Waals surface area contributed by atoms with Crippen molar-refractivity contribution in [3.63, 3.8) is 0 Å². The smallest absolute Gasteiger partial charge is 0.278 e. The molecule has 2 amide bonds. The summed E-state index contributed by atoms with van der Waals surface area (Å²) in [6.07, 6.45) is 0. The van der Waals surface area contributed by atoms with Gasteiger partial charge in [0, 0.05) is 11.4 Å². The fraction of sp³-hybridized carbons (Fsp3) is 0.304. The maximum atomic E-state index is 12.8. The van der Waals surface area contributed by atoms with Gasteiger partial charge in [-0.3, -0.25) is 9.59 Å². The lowest BCUT2D eigenvalue weighted by Crippen LogP contribution is -2.21. The standard InChI is InChI=1S/C23H27N5O2/c1-13-10-15(3)21(16(4)11-13)25-23(30)22-18(6)28(27-26-22)12-20(29)24-19-9-7-8-14(2)17(19)5/h7-11H,12H2,1-6H3,(H,24,29)(H,25,30). The van der Waals surface area contributed by atoms with E-state index in [0.29, 0.717) is 5.69 Å². The molecule has 0 unspecified atom stereocenters. The third-order valence-corrected chi connectivity index (χ3v) is 5.29. The van der Waals surface area contributed by atoms with Crippen LogP contribution in [0.1, 0.15) is 44.0 Å². The van der Waals surface area contributed by atoms with Crippen molar-refractivity contribution in [2.45, 2.75) is 48.1 Å². The predicted molar refractivity (Wildman–Crippen MR) is 118 cm³/mol. The third kappa shape index (κ3) is 4.40. The molecule has 3 aromatic rings. The minimum absolute atomic E-state index is 0.0257. The number of nitrogens with zero attached hydrogens (tertiary/aromatic N) is 3. The molecule has 0 saturated carbocycles. The van der Waals surface area contributed by atoms with E-state index in [9.17, 15) is 9.59 Å². The van der Waals surface area contributed by atoms with Gasteiger partial charge in [-0.2, -0.15) is 0 Å². The van der Waals surface area contributed by atoms with Crippen LogP contribution >= 0.6 is 0 Å². The van der Waals surface area contributed by atoms with Crippen molar-refractivity contribution in [3.05, 3.63) is 69.5 Å². The van der Waals surface area contributed by atoms with Crippen molar-refractivity contribution >= 4 is 23.2 Å². The number of rotatable bonds is 5. The van der Waals surface area contributed by atoms with Gasteiger partial charge in [0.1, 0.15) is 6.54 Å². The molecule has 1 aromatic heterocycles. The Bertz CT molecular complexity index is 1110. The maximum Gasteiger partial charge on any atom is 0.278 e. The van der Waals surface area contributed by atoms with Gasteiger partial charge >= 0.3 is 0 Å². The van der Waals surface area contributed by atoms with Crippen LogP contribution in [0.25, 0.3) is 0 Å². The summed E-state index contributed by atoms with van der Waals surface area (Å²) in [4.78, 5) is 25.3. The lowest BCUT2D eigenvalue weighted by atomic mass is 10.0. The Morgan fingerprint density at radius 3 is 2.27 bits per heavy atom. The van der Waals surface area contributed by atoms with Crippen molar-refractivity contribution in [1.82, 2.24) is 15.0 Å². The molecule has 30 heavy (non-hydrogen) atoms. The molecule has 7 heteroatoms. The molecule has 2 aromatic carbocycles. The first-order valence-corrected chi connectivity index (χ1v) is 9.82.